The molecular formula is C10H21NO3. The number of hydrogen-bond donors (Lipinski definition) is 1. The van der Waals surface area contributed by atoms with E-state index in [1.165, 1.54) is 0 Å². The zero-order chi connectivity index (χ0) is 11.4. The van der Waals surface area contributed by atoms with Gasteiger partial charge in [-0.2, -0.15) is 0 Å². The van der Waals surface area contributed by atoms with E-state index in [-0.39, 0.29) is 5.60 Å². The van der Waals surface area contributed by atoms with Crippen LogP contribution in [-0.4, -0.2) is 47.8 Å². The van der Waals surface area contributed by atoms with Gasteiger partial charge in [0.25, 0.3) is 0 Å². The van der Waals surface area contributed by atoms with Gasteiger partial charge in [0.1, 0.15) is 6.04 Å². The van der Waals surface area contributed by atoms with Crippen LogP contribution in [0.2, 0.25) is 0 Å². The Morgan fingerprint density at radius 3 is 2.36 bits per heavy atom. The summed E-state index contributed by atoms with van der Waals surface area (Å²) in [5.41, 5.74) is -0.159. The van der Waals surface area contributed by atoms with Crippen LogP contribution in [0.15, 0.2) is 0 Å². The third kappa shape index (κ3) is 5.94. The summed E-state index contributed by atoms with van der Waals surface area (Å²) in [7, 11) is 1.78. The molecule has 0 saturated heterocycles. The van der Waals surface area contributed by atoms with Crippen LogP contribution in [0.4, 0.5) is 0 Å². The molecule has 4 nitrogen and oxygen atoms in total. The molecule has 0 heterocycles. The molecular weight excluding hydrogens is 182 g/mol. The van der Waals surface area contributed by atoms with Gasteiger partial charge in [0.15, 0.2) is 0 Å². The molecule has 84 valence electrons. The highest BCUT2D eigenvalue weighted by Gasteiger charge is 2.17. The molecule has 0 aromatic carbocycles. The number of aliphatic carboxylic acids is 1. The lowest BCUT2D eigenvalue weighted by molar-refractivity contribution is -0.142. The van der Waals surface area contributed by atoms with E-state index < -0.39 is 12.0 Å². The summed E-state index contributed by atoms with van der Waals surface area (Å²) >= 11 is 0. The van der Waals surface area contributed by atoms with Crippen molar-refractivity contribution in [3.8, 4) is 0 Å². The van der Waals surface area contributed by atoms with Crippen LogP contribution >= 0.6 is 0 Å². The Morgan fingerprint density at radius 2 is 2.00 bits per heavy atom. The smallest absolute Gasteiger partial charge is 0.320 e. The molecule has 0 aliphatic carbocycles. The Labute approximate surface area is 85.9 Å². The van der Waals surface area contributed by atoms with Crippen molar-refractivity contribution in [3.05, 3.63) is 0 Å². The topological polar surface area (TPSA) is 49.8 Å². The summed E-state index contributed by atoms with van der Waals surface area (Å²) in [6.07, 6.45) is 0. The Kier molecular flexibility index (Phi) is 5.08. The molecule has 0 aliphatic heterocycles. The minimum Gasteiger partial charge on any atom is -0.480 e. The fourth-order valence-corrected chi connectivity index (χ4v) is 0.878. The Hall–Kier alpha value is -0.610. The summed E-state index contributed by atoms with van der Waals surface area (Å²) in [4.78, 5) is 12.4. The highest BCUT2D eigenvalue weighted by molar-refractivity contribution is 5.72. The molecule has 1 atom stereocenters. The number of ether oxygens (including phenoxy) is 1. The molecule has 1 unspecified atom stereocenters. The lowest BCUT2D eigenvalue weighted by Gasteiger charge is -2.24. The van der Waals surface area contributed by atoms with Crippen molar-refractivity contribution < 1.29 is 14.6 Å². The number of carboxylic acids is 1. The van der Waals surface area contributed by atoms with Crippen LogP contribution in [-0.2, 0) is 9.53 Å². The lowest BCUT2D eigenvalue weighted by atomic mass is 10.2. The van der Waals surface area contributed by atoms with Crippen LogP contribution in [0.25, 0.3) is 0 Å². The normalized spacial score (nSPS) is 14.4. The largest absolute Gasteiger partial charge is 0.480 e. The van der Waals surface area contributed by atoms with E-state index >= 15 is 0 Å². The van der Waals surface area contributed by atoms with Gasteiger partial charge in [0, 0.05) is 6.54 Å². The second kappa shape index (κ2) is 5.32. The van der Waals surface area contributed by atoms with E-state index in [2.05, 4.69) is 0 Å². The summed E-state index contributed by atoms with van der Waals surface area (Å²) in [6.45, 7) is 8.79. The summed E-state index contributed by atoms with van der Waals surface area (Å²) in [6, 6.07) is -0.460. The predicted molar refractivity (Wildman–Crippen MR) is 55.4 cm³/mol. The first-order valence-corrected chi connectivity index (χ1v) is 4.81. The first kappa shape index (κ1) is 13.4. The summed E-state index contributed by atoms with van der Waals surface area (Å²) in [5.74, 6) is -0.803. The molecule has 0 spiro atoms. The molecule has 0 saturated carbocycles. The third-order valence-corrected chi connectivity index (χ3v) is 2.00. The van der Waals surface area contributed by atoms with Gasteiger partial charge in [-0.05, 0) is 34.7 Å². The molecule has 0 radical (unpaired) electrons. The van der Waals surface area contributed by atoms with Crippen molar-refractivity contribution in [2.24, 2.45) is 0 Å². The number of hydrogen-bond acceptors (Lipinski definition) is 3. The van der Waals surface area contributed by atoms with Crippen molar-refractivity contribution >= 4 is 5.97 Å². The third-order valence-electron chi connectivity index (χ3n) is 2.00. The molecule has 0 aromatic rings. The standard InChI is InChI=1S/C10H21NO3/c1-8(9(12)13)11(5)6-7-14-10(2,3)4/h8H,6-7H2,1-5H3,(H,12,13). The number of rotatable bonds is 5. The van der Waals surface area contributed by atoms with E-state index in [0.29, 0.717) is 13.2 Å². The fourth-order valence-electron chi connectivity index (χ4n) is 0.878. The molecule has 0 aliphatic rings. The highest BCUT2D eigenvalue weighted by Crippen LogP contribution is 2.06. The van der Waals surface area contributed by atoms with Crippen molar-refractivity contribution in [2.75, 3.05) is 20.2 Å². The van der Waals surface area contributed by atoms with Gasteiger partial charge in [-0.1, -0.05) is 0 Å². The second-order valence-corrected chi connectivity index (χ2v) is 4.46. The van der Waals surface area contributed by atoms with Gasteiger partial charge in [-0.3, -0.25) is 9.69 Å². The summed E-state index contributed by atoms with van der Waals surface area (Å²) in [5, 5.41) is 8.73. The first-order chi connectivity index (χ1) is 6.24. The van der Waals surface area contributed by atoms with Gasteiger partial charge >= 0.3 is 5.97 Å². The lowest BCUT2D eigenvalue weighted by Crippen LogP contribution is -2.38. The van der Waals surface area contributed by atoms with Gasteiger partial charge < -0.3 is 9.84 Å². The van der Waals surface area contributed by atoms with E-state index in [1.807, 2.05) is 20.8 Å². The van der Waals surface area contributed by atoms with E-state index in [9.17, 15) is 4.79 Å². The maximum absolute atomic E-state index is 10.6. The number of carbonyl (C=O) groups is 1. The number of nitrogens with zero attached hydrogens (tertiary/aromatic N) is 1. The van der Waals surface area contributed by atoms with E-state index in [0.717, 1.165) is 0 Å². The molecule has 4 heteroatoms. The minimum atomic E-state index is -0.803. The minimum absolute atomic E-state index is 0.159. The van der Waals surface area contributed by atoms with Crippen molar-refractivity contribution in [3.63, 3.8) is 0 Å². The average Bonchev–Trinajstić information content (AvgIpc) is 2.00. The van der Waals surface area contributed by atoms with Gasteiger partial charge in [-0.25, -0.2) is 0 Å². The fraction of sp³-hybridized carbons (Fsp3) is 0.900. The van der Waals surface area contributed by atoms with Crippen LogP contribution < -0.4 is 0 Å². The maximum atomic E-state index is 10.6. The molecule has 0 fully saturated rings. The van der Waals surface area contributed by atoms with Crippen LogP contribution in [0.1, 0.15) is 27.7 Å². The SMILES string of the molecule is CC(C(=O)O)N(C)CCOC(C)(C)C. The number of likely N-dealkylation sites (N-methyl/N-ethyl adjacent to an activating group) is 1. The zero-order valence-electron chi connectivity index (χ0n) is 9.70. The van der Waals surface area contributed by atoms with Gasteiger partial charge in [0.2, 0.25) is 0 Å². The number of carboxylic acid groups (broad SMARTS) is 1. The van der Waals surface area contributed by atoms with Gasteiger partial charge in [-0.15, -0.1) is 0 Å². The molecule has 0 rings (SSSR count). The van der Waals surface area contributed by atoms with Crippen LogP contribution in [0.5, 0.6) is 0 Å². The summed E-state index contributed by atoms with van der Waals surface area (Å²) < 4.78 is 5.50. The van der Waals surface area contributed by atoms with Crippen molar-refractivity contribution in [2.45, 2.75) is 39.3 Å². The average molecular weight is 203 g/mol. The Morgan fingerprint density at radius 1 is 1.50 bits per heavy atom. The molecule has 14 heavy (non-hydrogen) atoms. The maximum Gasteiger partial charge on any atom is 0.320 e. The quantitative estimate of drug-likeness (QED) is 0.729. The molecule has 0 aromatic heterocycles. The van der Waals surface area contributed by atoms with E-state index in [1.54, 1.807) is 18.9 Å². The van der Waals surface area contributed by atoms with Crippen LogP contribution in [0.3, 0.4) is 0 Å². The first-order valence-electron chi connectivity index (χ1n) is 4.81. The van der Waals surface area contributed by atoms with E-state index in [4.69, 9.17) is 9.84 Å². The zero-order valence-corrected chi connectivity index (χ0v) is 9.70. The second-order valence-electron chi connectivity index (χ2n) is 4.46. The van der Waals surface area contributed by atoms with Crippen molar-refractivity contribution in [1.29, 1.82) is 0 Å². The molecule has 1 N–H and O–H groups in total. The van der Waals surface area contributed by atoms with Gasteiger partial charge in [0.05, 0.1) is 12.2 Å². The van der Waals surface area contributed by atoms with Crippen molar-refractivity contribution in [1.82, 2.24) is 4.90 Å². The highest BCUT2D eigenvalue weighted by atomic mass is 16.5. The predicted octanol–water partition coefficient (Wildman–Crippen LogP) is 1.21. The Balaban J connectivity index is 3.75. The Bertz CT molecular complexity index is 186. The molecule has 0 amide bonds. The molecule has 0 bridgehead atoms. The van der Waals surface area contributed by atoms with Crippen LogP contribution in [0, 0.1) is 0 Å². The monoisotopic (exact) mass is 203 g/mol.